The monoisotopic (exact) mass is 314 g/mol. The number of fused-ring (bicyclic) bond motifs is 1. The van der Waals surface area contributed by atoms with Crippen LogP contribution in [0.5, 0.6) is 0 Å². The third-order valence-corrected chi connectivity index (χ3v) is 3.43. The number of hydrogen-bond acceptors (Lipinski definition) is 2. The summed E-state index contributed by atoms with van der Waals surface area (Å²) in [5.74, 6) is 0. The summed E-state index contributed by atoms with van der Waals surface area (Å²) in [5.41, 5.74) is 3.51. The van der Waals surface area contributed by atoms with Crippen LogP contribution in [0, 0.1) is 6.92 Å². The lowest BCUT2D eigenvalue weighted by Gasteiger charge is -2.06. The van der Waals surface area contributed by atoms with Crippen molar-refractivity contribution in [2.24, 2.45) is 0 Å². The molecule has 3 rings (SSSR count). The van der Waals surface area contributed by atoms with E-state index in [2.05, 4.69) is 15.6 Å². The van der Waals surface area contributed by atoms with Crippen molar-refractivity contribution >= 4 is 29.0 Å². The van der Waals surface area contributed by atoms with E-state index in [0.29, 0.717) is 17.3 Å². The van der Waals surface area contributed by atoms with E-state index in [1.807, 2.05) is 35.9 Å². The van der Waals surface area contributed by atoms with E-state index < -0.39 is 0 Å². The Balaban J connectivity index is 1.61. The Labute approximate surface area is 132 Å². The summed E-state index contributed by atoms with van der Waals surface area (Å²) in [7, 11) is 0. The van der Waals surface area contributed by atoms with E-state index in [1.54, 1.807) is 24.3 Å². The van der Waals surface area contributed by atoms with E-state index >= 15 is 0 Å². The average molecular weight is 315 g/mol. The summed E-state index contributed by atoms with van der Waals surface area (Å²) < 4.78 is 1.95. The predicted molar refractivity (Wildman–Crippen MR) is 87.2 cm³/mol. The molecule has 0 unspecified atom stereocenters. The van der Waals surface area contributed by atoms with Crippen LogP contribution >= 0.6 is 11.6 Å². The second-order valence-electron chi connectivity index (χ2n) is 5.02. The zero-order valence-corrected chi connectivity index (χ0v) is 12.8. The summed E-state index contributed by atoms with van der Waals surface area (Å²) in [6, 6.07) is 10.6. The minimum absolute atomic E-state index is 0.282. The highest BCUT2D eigenvalue weighted by Crippen LogP contribution is 2.13. The fourth-order valence-corrected chi connectivity index (χ4v) is 2.25. The molecule has 6 heteroatoms. The molecule has 0 aliphatic heterocycles. The molecule has 2 amide bonds. The van der Waals surface area contributed by atoms with Crippen LogP contribution in [-0.2, 0) is 6.54 Å². The van der Waals surface area contributed by atoms with Gasteiger partial charge in [0, 0.05) is 23.1 Å². The van der Waals surface area contributed by atoms with Crippen molar-refractivity contribution in [3.63, 3.8) is 0 Å². The van der Waals surface area contributed by atoms with Crippen LogP contribution in [0.4, 0.5) is 10.5 Å². The van der Waals surface area contributed by atoms with E-state index in [0.717, 1.165) is 16.9 Å². The zero-order chi connectivity index (χ0) is 15.5. The number of anilines is 1. The molecule has 0 saturated carbocycles. The summed E-state index contributed by atoms with van der Waals surface area (Å²) in [6.45, 7) is 2.39. The van der Waals surface area contributed by atoms with Gasteiger partial charge in [-0.05, 0) is 42.8 Å². The number of nitrogens with zero attached hydrogens (tertiary/aromatic N) is 2. The first-order chi connectivity index (χ1) is 10.6. The highest BCUT2D eigenvalue weighted by Gasteiger charge is 2.05. The molecule has 5 nitrogen and oxygen atoms in total. The topological polar surface area (TPSA) is 58.4 Å². The van der Waals surface area contributed by atoms with Crippen LogP contribution in [0.25, 0.3) is 5.65 Å². The number of imidazole rings is 1. The van der Waals surface area contributed by atoms with Crippen molar-refractivity contribution < 1.29 is 4.79 Å². The normalized spacial score (nSPS) is 10.6. The Morgan fingerprint density at radius 3 is 2.73 bits per heavy atom. The lowest BCUT2D eigenvalue weighted by molar-refractivity contribution is 0.251. The number of amides is 2. The number of halogens is 1. The van der Waals surface area contributed by atoms with Gasteiger partial charge in [0.1, 0.15) is 5.65 Å². The van der Waals surface area contributed by atoms with Gasteiger partial charge in [0.05, 0.1) is 12.2 Å². The fourth-order valence-electron chi connectivity index (χ4n) is 2.12. The molecular formula is C16H15ClN4O. The minimum atomic E-state index is -0.282. The fraction of sp³-hybridized carbons (Fsp3) is 0.125. The van der Waals surface area contributed by atoms with Gasteiger partial charge in [-0.1, -0.05) is 17.7 Å². The molecule has 22 heavy (non-hydrogen) atoms. The second-order valence-corrected chi connectivity index (χ2v) is 5.46. The van der Waals surface area contributed by atoms with Gasteiger partial charge >= 0.3 is 6.03 Å². The Kier molecular flexibility index (Phi) is 3.98. The molecule has 0 atom stereocenters. The van der Waals surface area contributed by atoms with Crippen LogP contribution in [0.2, 0.25) is 5.02 Å². The number of hydrogen-bond donors (Lipinski definition) is 2. The number of benzene rings is 1. The summed E-state index contributed by atoms with van der Waals surface area (Å²) in [4.78, 5) is 16.3. The minimum Gasteiger partial charge on any atom is -0.332 e. The Hall–Kier alpha value is -2.53. The standard InChI is InChI=1S/C16H15ClN4O/c1-11-2-7-15-19-14(10-21(15)9-11)8-18-16(22)20-13-5-3-12(17)4-6-13/h2-7,9-10H,8H2,1H3,(H2,18,20,22). The van der Waals surface area contributed by atoms with Crippen LogP contribution in [0.3, 0.4) is 0 Å². The zero-order valence-electron chi connectivity index (χ0n) is 12.0. The van der Waals surface area contributed by atoms with Crippen LogP contribution in [0.15, 0.2) is 48.8 Å². The number of pyridine rings is 1. The Morgan fingerprint density at radius 1 is 1.18 bits per heavy atom. The maximum atomic E-state index is 11.9. The first-order valence-electron chi connectivity index (χ1n) is 6.85. The summed E-state index contributed by atoms with van der Waals surface area (Å²) in [5, 5.41) is 6.15. The van der Waals surface area contributed by atoms with Gasteiger partial charge in [0.15, 0.2) is 0 Å². The van der Waals surface area contributed by atoms with E-state index in [4.69, 9.17) is 11.6 Å². The molecule has 0 spiro atoms. The number of aryl methyl sites for hydroxylation is 1. The molecule has 0 radical (unpaired) electrons. The van der Waals surface area contributed by atoms with E-state index in [1.165, 1.54) is 0 Å². The predicted octanol–water partition coefficient (Wildman–Crippen LogP) is 3.62. The molecule has 0 aliphatic carbocycles. The van der Waals surface area contributed by atoms with E-state index in [9.17, 15) is 4.79 Å². The third-order valence-electron chi connectivity index (χ3n) is 3.18. The Morgan fingerprint density at radius 2 is 1.95 bits per heavy atom. The number of rotatable bonds is 3. The molecule has 2 aromatic heterocycles. The van der Waals surface area contributed by atoms with E-state index in [-0.39, 0.29) is 6.03 Å². The maximum absolute atomic E-state index is 11.9. The number of aromatic nitrogens is 2. The van der Waals surface area contributed by atoms with Crippen molar-refractivity contribution in [1.29, 1.82) is 0 Å². The average Bonchev–Trinajstić information content (AvgIpc) is 2.89. The SMILES string of the molecule is Cc1ccc2nc(CNC(=O)Nc3ccc(Cl)cc3)cn2c1. The summed E-state index contributed by atoms with van der Waals surface area (Å²) >= 11 is 5.80. The molecule has 0 saturated heterocycles. The number of carbonyl (C=O) groups excluding carboxylic acids is 1. The highest BCUT2D eigenvalue weighted by atomic mass is 35.5. The van der Waals surface area contributed by atoms with Gasteiger partial charge < -0.3 is 15.0 Å². The smallest absolute Gasteiger partial charge is 0.319 e. The summed E-state index contributed by atoms with van der Waals surface area (Å²) in [6.07, 6.45) is 3.91. The number of carbonyl (C=O) groups is 1. The quantitative estimate of drug-likeness (QED) is 0.775. The van der Waals surface area contributed by atoms with Gasteiger partial charge in [0.2, 0.25) is 0 Å². The van der Waals surface area contributed by atoms with Gasteiger partial charge in [-0.25, -0.2) is 9.78 Å². The number of nitrogens with one attached hydrogen (secondary N) is 2. The van der Waals surface area contributed by atoms with Gasteiger partial charge in [0.25, 0.3) is 0 Å². The molecule has 112 valence electrons. The maximum Gasteiger partial charge on any atom is 0.319 e. The highest BCUT2D eigenvalue weighted by molar-refractivity contribution is 6.30. The Bertz CT molecular complexity index is 811. The van der Waals surface area contributed by atoms with Crippen LogP contribution in [0.1, 0.15) is 11.3 Å². The first-order valence-corrected chi connectivity index (χ1v) is 7.22. The van der Waals surface area contributed by atoms with Crippen molar-refractivity contribution in [3.8, 4) is 0 Å². The van der Waals surface area contributed by atoms with Crippen molar-refractivity contribution in [3.05, 3.63) is 65.1 Å². The van der Waals surface area contributed by atoms with Gasteiger partial charge in [-0.2, -0.15) is 0 Å². The van der Waals surface area contributed by atoms with Gasteiger partial charge in [-0.3, -0.25) is 0 Å². The van der Waals surface area contributed by atoms with Crippen molar-refractivity contribution in [2.75, 3.05) is 5.32 Å². The lowest BCUT2D eigenvalue weighted by atomic mass is 10.3. The van der Waals surface area contributed by atoms with Crippen LogP contribution < -0.4 is 10.6 Å². The largest absolute Gasteiger partial charge is 0.332 e. The first kappa shape index (κ1) is 14.4. The molecule has 1 aromatic carbocycles. The second kappa shape index (κ2) is 6.07. The molecule has 2 heterocycles. The molecular weight excluding hydrogens is 300 g/mol. The van der Waals surface area contributed by atoms with Crippen molar-refractivity contribution in [2.45, 2.75) is 13.5 Å². The molecule has 0 aliphatic rings. The van der Waals surface area contributed by atoms with Crippen LogP contribution in [-0.4, -0.2) is 15.4 Å². The van der Waals surface area contributed by atoms with Crippen molar-refractivity contribution in [1.82, 2.24) is 14.7 Å². The third kappa shape index (κ3) is 3.38. The molecule has 0 bridgehead atoms. The lowest BCUT2D eigenvalue weighted by Crippen LogP contribution is -2.28. The molecule has 3 aromatic rings. The van der Waals surface area contributed by atoms with Gasteiger partial charge in [-0.15, -0.1) is 0 Å². The number of urea groups is 1. The molecule has 0 fully saturated rings. The molecule has 2 N–H and O–H groups in total.